The summed E-state index contributed by atoms with van der Waals surface area (Å²) in [4.78, 5) is 23.2. The van der Waals surface area contributed by atoms with E-state index in [1.165, 1.54) is 4.88 Å². The van der Waals surface area contributed by atoms with Crippen LogP contribution in [0.2, 0.25) is 0 Å². The monoisotopic (exact) mass is 341 g/mol. The summed E-state index contributed by atoms with van der Waals surface area (Å²) < 4.78 is 0. The van der Waals surface area contributed by atoms with Crippen LogP contribution in [0, 0.1) is 5.41 Å². The van der Waals surface area contributed by atoms with Gasteiger partial charge in [-0.05, 0) is 48.9 Å². The van der Waals surface area contributed by atoms with Crippen molar-refractivity contribution in [3.05, 3.63) is 52.5 Å². The van der Waals surface area contributed by atoms with Gasteiger partial charge in [-0.25, -0.2) is 0 Å². The van der Waals surface area contributed by atoms with E-state index in [9.17, 15) is 4.79 Å². The fourth-order valence-corrected chi connectivity index (χ4v) is 4.87. The Bertz CT molecular complexity index is 688. The van der Waals surface area contributed by atoms with Crippen LogP contribution in [0.1, 0.15) is 29.7 Å². The fourth-order valence-electron chi connectivity index (χ4n) is 4.12. The first kappa shape index (κ1) is 15.8. The maximum Gasteiger partial charge on any atom is 0.230 e. The summed E-state index contributed by atoms with van der Waals surface area (Å²) in [5.74, 6) is 0.349. The second kappa shape index (κ2) is 6.65. The Kier molecular flexibility index (Phi) is 4.37. The van der Waals surface area contributed by atoms with Crippen molar-refractivity contribution >= 4 is 17.2 Å². The van der Waals surface area contributed by atoms with Gasteiger partial charge in [-0.3, -0.25) is 14.7 Å². The molecule has 2 aromatic heterocycles. The number of carbonyl (C=O) groups is 1. The fraction of sp³-hybridized carbons (Fsp3) is 0.474. The van der Waals surface area contributed by atoms with Crippen molar-refractivity contribution < 1.29 is 4.79 Å². The molecule has 4 nitrogen and oxygen atoms in total. The highest BCUT2D eigenvalue weighted by molar-refractivity contribution is 7.09. The Morgan fingerprint density at radius 1 is 1.17 bits per heavy atom. The molecule has 0 N–H and O–H groups in total. The number of amides is 1. The van der Waals surface area contributed by atoms with Crippen molar-refractivity contribution in [2.75, 3.05) is 19.6 Å². The van der Waals surface area contributed by atoms with Crippen molar-refractivity contribution in [3.63, 3.8) is 0 Å². The topological polar surface area (TPSA) is 36.4 Å². The summed E-state index contributed by atoms with van der Waals surface area (Å²) in [5.41, 5.74) is 0.965. The number of likely N-dealkylation sites (tertiary alicyclic amines) is 2. The van der Waals surface area contributed by atoms with Crippen LogP contribution in [0.25, 0.3) is 0 Å². The molecular weight excluding hydrogens is 318 g/mol. The molecule has 0 aromatic carbocycles. The van der Waals surface area contributed by atoms with Crippen molar-refractivity contribution in [2.45, 2.75) is 32.4 Å². The number of hydrogen-bond donors (Lipinski definition) is 0. The standard InChI is InChI=1S/C19H23N3OS/c23-18-19(7-10-22(18)13-16-4-1-8-20-12-16)6-3-9-21(15-19)14-17-5-2-11-24-17/h1-2,4-5,8,11-12H,3,6-7,9-10,13-15H2. The van der Waals surface area contributed by atoms with Gasteiger partial charge in [0.2, 0.25) is 5.91 Å². The van der Waals surface area contributed by atoms with Crippen LogP contribution in [-0.4, -0.2) is 40.3 Å². The molecule has 0 aliphatic carbocycles. The van der Waals surface area contributed by atoms with E-state index < -0.39 is 0 Å². The van der Waals surface area contributed by atoms with Gasteiger partial charge < -0.3 is 4.90 Å². The Morgan fingerprint density at radius 2 is 2.12 bits per heavy atom. The van der Waals surface area contributed by atoms with Crippen LogP contribution in [0.3, 0.4) is 0 Å². The zero-order valence-electron chi connectivity index (χ0n) is 13.9. The zero-order chi connectivity index (χ0) is 16.4. The first-order valence-corrected chi connectivity index (χ1v) is 9.56. The average Bonchev–Trinajstić information content (AvgIpc) is 3.21. The highest BCUT2D eigenvalue weighted by Gasteiger charge is 2.48. The van der Waals surface area contributed by atoms with E-state index in [0.717, 1.165) is 51.0 Å². The van der Waals surface area contributed by atoms with Gasteiger partial charge >= 0.3 is 0 Å². The Balaban J connectivity index is 1.44. The number of piperidine rings is 1. The van der Waals surface area contributed by atoms with E-state index in [4.69, 9.17) is 0 Å². The van der Waals surface area contributed by atoms with Crippen molar-refractivity contribution in [1.82, 2.24) is 14.8 Å². The van der Waals surface area contributed by atoms with Crippen LogP contribution in [0.15, 0.2) is 42.0 Å². The lowest BCUT2D eigenvalue weighted by Gasteiger charge is -2.38. The largest absolute Gasteiger partial charge is 0.338 e. The minimum Gasteiger partial charge on any atom is -0.338 e. The molecule has 126 valence electrons. The van der Waals surface area contributed by atoms with Crippen LogP contribution in [0.4, 0.5) is 0 Å². The molecule has 2 aromatic rings. The third-order valence-corrected chi connectivity index (χ3v) is 6.17. The normalized spacial score (nSPS) is 24.8. The molecule has 4 heterocycles. The van der Waals surface area contributed by atoms with E-state index >= 15 is 0 Å². The summed E-state index contributed by atoms with van der Waals surface area (Å²) in [7, 11) is 0. The number of nitrogens with zero attached hydrogens (tertiary/aromatic N) is 3. The molecule has 4 rings (SSSR count). The molecule has 1 atom stereocenters. The van der Waals surface area contributed by atoms with Crippen LogP contribution in [0.5, 0.6) is 0 Å². The summed E-state index contributed by atoms with van der Waals surface area (Å²) in [5, 5.41) is 2.13. The Labute approximate surface area is 147 Å². The first-order chi connectivity index (χ1) is 11.8. The number of carbonyl (C=O) groups excluding carboxylic acids is 1. The van der Waals surface area contributed by atoms with Crippen LogP contribution in [-0.2, 0) is 17.9 Å². The number of pyridine rings is 1. The van der Waals surface area contributed by atoms with Crippen molar-refractivity contribution in [2.24, 2.45) is 5.41 Å². The van der Waals surface area contributed by atoms with Crippen molar-refractivity contribution in [3.8, 4) is 0 Å². The molecule has 2 aliphatic heterocycles. The van der Waals surface area contributed by atoms with Gasteiger partial charge in [0.1, 0.15) is 0 Å². The quantitative estimate of drug-likeness (QED) is 0.857. The molecule has 1 unspecified atom stereocenters. The molecule has 2 aliphatic rings. The second-order valence-electron chi connectivity index (χ2n) is 7.01. The van der Waals surface area contributed by atoms with Gasteiger partial charge in [-0.1, -0.05) is 12.1 Å². The number of aromatic nitrogens is 1. The smallest absolute Gasteiger partial charge is 0.230 e. The summed E-state index contributed by atoms with van der Waals surface area (Å²) in [6.07, 6.45) is 6.80. The molecule has 5 heteroatoms. The minimum absolute atomic E-state index is 0.155. The lowest BCUT2D eigenvalue weighted by Crippen LogP contribution is -2.47. The maximum absolute atomic E-state index is 13.1. The predicted octanol–water partition coefficient (Wildman–Crippen LogP) is 3.16. The molecule has 0 saturated carbocycles. The Hall–Kier alpha value is -1.72. The molecule has 0 bridgehead atoms. The van der Waals surface area contributed by atoms with E-state index in [-0.39, 0.29) is 5.41 Å². The molecule has 1 amide bonds. The van der Waals surface area contributed by atoms with E-state index in [0.29, 0.717) is 12.5 Å². The molecular formula is C19H23N3OS. The summed E-state index contributed by atoms with van der Waals surface area (Å²) >= 11 is 1.81. The van der Waals surface area contributed by atoms with Crippen molar-refractivity contribution in [1.29, 1.82) is 0 Å². The summed E-state index contributed by atoms with van der Waals surface area (Å²) in [6.45, 7) is 4.57. The lowest BCUT2D eigenvalue weighted by atomic mass is 9.78. The molecule has 24 heavy (non-hydrogen) atoms. The SMILES string of the molecule is O=C1N(Cc2cccnc2)CCC12CCCN(Cc1cccs1)C2. The van der Waals surface area contributed by atoms with Gasteiger partial charge in [-0.2, -0.15) is 0 Å². The zero-order valence-corrected chi connectivity index (χ0v) is 14.7. The van der Waals surface area contributed by atoms with E-state index in [1.54, 1.807) is 17.5 Å². The molecule has 2 saturated heterocycles. The average molecular weight is 341 g/mol. The lowest BCUT2D eigenvalue weighted by molar-refractivity contribution is -0.139. The highest BCUT2D eigenvalue weighted by Crippen LogP contribution is 2.41. The van der Waals surface area contributed by atoms with Gasteiger partial charge in [0, 0.05) is 43.4 Å². The van der Waals surface area contributed by atoms with Gasteiger partial charge in [0.05, 0.1) is 5.41 Å². The number of thiophene rings is 1. The number of rotatable bonds is 4. The summed E-state index contributed by atoms with van der Waals surface area (Å²) in [6, 6.07) is 8.29. The van der Waals surface area contributed by atoms with Gasteiger partial charge in [0.25, 0.3) is 0 Å². The number of hydrogen-bond acceptors (Lipinski definition) is 4. The highest BCUT2D eigenvalue weighted by atomic mass is 32.1. The first-order valence-electron chi connectivity index (χ1n) is 8.68. The van der Waals surface area contributed by atoms with Gasteiger partial charge in [-0.15, -0.1) is 11.3 Å². The van der Waals surface area contributed by atoms with Crippen LogP contribution < -0.4 is 0 Å². The second-order valence-corrected chi connectivity index (χ2v) is 8.04. The maximum atomic E-state index is 13.1. The van der Waals surface area contributed by atoms with Gasteiger partial charge in [0.15, 0.2) is 0 Å². The molecule has 2 fully saturated rings. The predicted molar refractivity (Wildman–Crippen MR) is 95.5 cm³/mol. The Morgan fingerprint density at radius 3 is 2.92 bits per heavy atom. The third kappa shape index (κ3) is 3.10. The van der Waals surface area contributed by atoms with E-state index in [1.807, 2.05) is 17.2 Å². The van der Waals surface area contributed by atoms with E-state index in [2.05, 4.69) is 33.5 Å². The van der Waals surface area contributed by atoms with Crippen LogP contribution >= 0.6 is 11.3 Å². The molecule has 1 spiro atoms. The molecule has 0 radical (unpaired) electrons. The minimum atomic E-state index is -0.155. The third-order valence-electron chi connectivity index (χ3n) is 5.31.